The Kier molecular flexibility index (Phi) is 4.85. The third-order valence-electron chi connectivity index (χ3n) is 4.18. The fourth-order valence-electron chi connectivity index (χ4n) is 3.02. The summed E-state index contributed by atoms with van der Waals surface area (Å²) >= 11 is 0. The monoisotopic (exact) mass is 291 g/mol. The van der Waals surface area contributed by atoms with E-state index in [0.717, 1.165) is 49.2 Å². The van der Waals surface area contributed by atoms with Crippen LogP contribution in [0.3, 0.4) is 0 Å². The second kappa shape index (κ2) is 6.45. The quantitative estimate of drug-likeness (QED) is 0.816. The molecular weight excluding hydrogens is 266 g/mol. The summed E-state index contributed by atoms with van der Waals surface area (Å²) in [7, 11) is 5.68. The van der Waals surface area contributed by atoms with Crippen LogP contribution in [-0.4, -0.2) is 45.1 Å². The Morgan fingerprint density at radius 2 is 2.24 bits per heavy atom. The van der Waals surface area contributed by atoms with E-state index in [1.807, 2.05) is 32.3 Å². The Labute approximate surface area is 126 Å². The van der Waals surface area contributed by atoms with E-state index in [1.54, 1.807) is 7.11 Å². The highest BCUT2D eigenvalue weighted by Crippen LogP contribution is 2.36. The Balaban J connectivity index is 2.33. The zero-order valence-corrected chi connectivity index (χ0v) is 13.1. The molecule has 1 aliphatic carbocycles. The van der Waals surface area contributed by atoms with Crippen LogP contribution in [0.4, 0.5) is 0 Å². The summed E-state index contributed by atoms with van der Waals surface area (Å²) in [4.78, 5) is 14.3. The number of ether oxygens (including phenoxy) is 1. The lowest BCUT2D eigenvalue weighted by molar-refractivity contribution is -0.125. The van der Waals surface area contributed by atoms with Crippen LogP contribution in [0.5, 0.6) is 5.75 Å². The van der Waals surface area contributed by atoms with Crippen LogP contribution in [0, 0.1) is 0 Å². The van der Waals surface area contributed by atoms with E-state index in [-0.39, 0.29) is 5.91 Å². The molecule has 1 amide bonds. The highest BCUT2D eigenvalue weighted by Gasteiger charge is 2.41. The lowest BCUT2D eigenvalue weighted by Crippen LogP contribution is -2.55. The second-order valence-corrected chi connectivity index (χ2v) is 5.88. The summed E-state index contributed by atoms with van der Waals surface area (Å²) in [6, 6.07) is 5.88. The number of nitrogens with one attached hydrogen (secondary N) is 1. The molecule has 1 aromatic rings. The minimum Gasteiger partial charge on any atom is -0.497 e. The van der Waals surface area contributed by atoms with Crippen molar-refractivity contribution in [3.63, 3.8) is 0 Å². The van der Waals surface area contributed by atoms with E-state index in [9.17, 15) is 4.79 Å². The van der Waals surface area contributed by atoms with Gasteiger partial charge in [-0.15, -0.1) is 0 Å². The average Bonchev–Trinajstić information content (AvgIpc) is 2.46. The van der Waals surface area contributed by atoms with Gasteiger partial charge < -0.3 is 15.4 Å². The molecule has 0 aromatic heterocycles. The molecule has 1 unspecified atom stereocenters. The number of nitrogens with two attached hydrogens (primary N) is 1. The topological polar surface area (TPSA) is 67.6 Å². The predicted molar refractivity (Wildman–Crippen MR) is 83.4 cm³/mol. The molecule has 5 heteroatoms. The SMILES string of the molecule is COc1ccc2c(c1)CCCC2(NCCN(C)C)C(N)=O. The van der Waals surface area contributed by atoms with E-state index in [1.165, 1.54) is 0 Å². The van der Waals surface area contributed by atoms with Gasteiger partial charge in [0.2, 0.25) is 5.91 Å². The first kappa shape index (κ1) is 15.8. The third-order valence-corrected chi connectivity index (χ3v) is 4.18. The van der Waals surface area contributed by atoms with Crippen LogP contribution in [0.25, 0.3) is 0 Å². The van der Waals surface area contributed by atoms with E-state index in [2.05, 4.69) is 10.2 Å². The molecule has 21 heavy (non-hydrogen) atoms. The van der Waals surface area contributed by atoms with Crippen LogP contribution >= 0.6 is 0 Å². The molecule has 0 fully saturated rings. The summed E-state index contributed by atoms with van der Waals surface area (Å²) < 4.78 is 5.28. The molecule has 0 spiro atoms. The van der Waals surface area contributed by atoms with Crippen molar-refractivity contribution < 1.29 is 9.53 Å². The van der Waals surface area contributed by atoms with E-state index >= 15 is 0 Å². The van der Waals surface area contributed by atoms with Crippen LogP contribution in [0.15, 0.2) is 18.2 Å². The smallest absolute Gasteiger partial charge is 0.242 e. The molecule has 0 aliphatic heterocycles. The van der Waals surface area contributed by atoms with Crippen LogP contribution < -0.4 is 15.8 Å². The predicted octanol–water partition coefficient (Wildman–Crippen LogP) is 0.863. The van der Waals surface area contributed by atoms with Crippen LogP contribution in [0.1, 0.15) is 24.0 Å². The molecule has 0 bridgehead atoms. The lowest BCUT2D eigenvalue weighted by atomic mass is 9.75. The minimum absolute atomic E-state index is 0.299. The minimum atomic E-state index is -0.754. The Morgan fingerprint density at radius 1 is 1.48 bits per heavy atom. The van der Waals surface area contributed by atoms with Gasteiger partial charge >= 0.3 is 0 Å². The molecule has 3 N–H and O–H groups in total. The highest BCUT2D eigenvalue weighted by molar-refractivity contribution is 5.87. The molecule has 0 heterocycles. The maximum Gasteiger partial charge on any atom is 0.242 e. The number of nitrogens with zero attached hydrogens (tertiary/aromatic N) is 1. The summed E-state index contributed by atoms with van der Waals surface area (Å²) in [5.41, 5.74) is 7.15. The average molecular weight is 291 g/mol. The summed E-state index contributed by atoms with van der Waals surface area (Å²) in [6.07, 6.45) is 2.64. The molecule has 5 nitrogen and oxygen atoms in total. The van der Waals surface area contributed by atoms with Gasteiger partial charge in [0.1, 0.15) is 11.3 Å². The number of aryl methyl sites for hydroxylation is 1. The number of methoxy groups -OCH3 is 1. The third kappa shape index (κ3) is 3.19. The first-order valence-electron chi connectivity index (χ1n) is 7.36. The number of hydrogen-bond donors (Lipinski definition) is 2. The molecule has 0 saturated carbocycles. The van der Waals surface area contributed by atoms with Gasteiger partial charge in [-0.1, -0.05) is 6.07 Å². The van der Waals surface area contributed by atoms with Crippen molar-refractivity contribution >= 4 is 5.91 Å². The molecule has 0 radical (unpaired) electrons. The van der Waals surface area contributed by atoms with Gasteiger partial charge in [-0.3, -0.25) is 10.1 Å². The molecule has 0 saturated heterocycles. The first-order valence-corrected chi connectivity index (χ1v) is 7.36. The number of fused-ring (bicyclic) bond motifs is 1. The Hall–Kier alpha value is -1.59. The Bertz CT molecular complexity index is 516. The molecule has 1 aromatic carbocycles. The number of benzene rings is 1. The maximum absolute atomic E-state index is 12.2. The molecule has 116 valence electrons. The molecule has 1 aliphatic rings. The second-order valence-electron chi connectivity index (χ2n) is 5.88. The molecule has 1 atom stereocenters. The number of rotatable bonds is 6. The standard InChI is InChI=1S/C16H25N3O2/c1-19(2)10-9-18-16(15(17)20)8-4-5-12-11-13(21-3)6-7-14(12)16/h6-7,11,18H,4-5,8-10H2,1-3H3,(H2,17,20). The van der Waals surface area contributed by atoms with Crippen molar-refractivity contribution in [2.24, 2.45) is 5.73 Å². The van der Waals surface area contributed by atoms with Crippen molar-refractivity contribution in [1.29, 1.82) is 0 Å². The lowest BCUT2D eigenvalue weighted by Gasteiger charge is -2.38. The number of hydrogen-bond acceptors (Lipinski definition) is 4. The van der Waals surface area contributed by atoms with Crippen molar-refractivity contribution in [2.75, 3.05) is 34.3 Å². The first-order chi connectivity index (χ1) is 9.99. The van der Waals surface area contributed by atoms with Gasteiger partial charge in [-0.2, -0.15) is 0 Å². The summed E-state index contributed by atoms with van der Waals surface area (Å²) in [5, 5.41) is 3.40. The van der Waals surface area contributed by atoms with Crippen molar-refractivity contribution in [3.8, 4) is 5.75 Å². The maximum atomic E-state index is 12.2. The largest absolute Gasteiger partial charge is 0.497 e. The molecule has 2 rings (SSSR count). The van der Waals surface area contributed by atoms with Gasteiger partial charge in [0.15, 0.2) is 0 Å². The fraction of sp³-hybridized carbons (Fsp3) is 0.562. The van der Waals surface area contributed by atoms with Gasteiger partial charge in [-0.25, -0.2) is 0 Å². The van der Waals surface area contributed by atoms with E-state index in [4.69, 9.17) is 10.5 Å². The van der Waals surface area contributed by atoms with Crippen LogP contribution in [0.2, 0.25) is 0 Å². The highest BCUT2D eigenvalue weighted by atomic mass is 16.5. The van der Waals surface area contributed by atoms with Gasteiger partial charge in [0.05, 0.1) is 7.11 Å². The van der Waals surface area contributed by atoms with Gasteiger partial charge in [0.25, 0.3) is 0 Å². The number of primary amides is 1. The van der Waals surface area contributed by atoms with E-state index < -0.39 is 5.54 Å². The summed E-state index contributed by atoms with van der Waals surface area (Å²) in [5.74, 6) is 0.523. The fourth-order valence-corrected chi connectivity index (χ4v) is 3.02. The molecular formula is C16H25N3O2. The number of carbonyl (C=O) groups excluding carboxylic acids is 1. The van der Waals surface area contributed by atoms with Crippen molar-refractivity contribution in [2.45, 2.75) is 24.8 Å². The number of carbonyl (C=O) groups is 1. The number of likely N-dealkylation sites (N-methyl/N-ethyl adjacent to an activating group) is 1. The normalized spacial score (nSPS) is 21.1. The van der Waals surface area contributed by atoms with Gasteiger partial charge in [0, 0.05) is 13.1 Å². The van der Waals surface area contributed by atoms with Crippen LogP contribution in [-0.2, 0) is 16.8 Å². The Morgan fingerprint density at radius 3 is 2.86 bits per heavy atom. The zero-order chi connectivity index (χ0) is 15.5. The van der Waals surface area contributed by atoms with Crippen molar-refractivity contribution in [1.82, 2.24) is 10.2 Å². The van der Waals surface area contributed by atoms with Gasteiger partial charge in [-0.05, 0) is 56.6 Å². The van der Waals surface area contributed by atoms with Crippen molar-refractivity contribution in [3.05, 3.63) is 29.3 Å². The summed E-state index contributed by atoms with van der Waals surface area (Å²) in [6.45, 7) is 1.59. The zero-order valence-electron chi connectivity index (χ0n) is 13.1. The number of amides is 1. The van der Waals surface area contributed by atoms with E-state index in [0.29, 0.717) is 0 Å².